The number of nitrogens with one attached hydrogen (secondary N) is 3. The fourth-order valence-electron chi connectivity index (χ4n) is 4.14. The van der Waals surface area contributed by atoms with Crippen molar-refractivity contribution in [1.29, 1.82) is 0 Å². The van der Waals surface area contributed by atoms with Crippen LogP contribution in [0.1, 0.15) is 60.9 Å². The lowest BCUT2D eigenvalue weighted by Gasteiger charge is -2.24. The van der Waals surface area contributed by atoms with Crippen LogP contribution in [0.25, 0.3) is 0 Å². The van der Waals surface area contributed by atoms with E-state index in [1.807, 2.05) is 19.1 Å². The van der Waals surface area contributed by atoms with Gasteiger partial charge in [-0.25, -0.2) is 0 Å². The van der Waals surface area contributed by atoms with Gasteiger partial charge in [-0.05, 0) is 62.6 Å². The number of hydrogen-bond acceptors (Lipinski definition) is 3. The Hall–Kier alpha value is -1.59. The normalized spacial score (nSPS) is 27.2. The smallest absolute Gasteiger partial charge is 0.251 e. The second kappa shape index (κ2) is 7.97. The van der Waals surface area contributed by atoms with Gasteiger partial charge in [-0.2, -0.15) is 0 Å². The van der Waals surface area contributed by atoms with Gasteiger partial charge in [-0.1, -0.05) is 18.9 Å². The molecule has 1 aromatic carbocycles. The fourth-order valence-corrected chi connectivity index (χ4v) is 4.14. The molecule has 3 aliphatic rings. The summed E-state index contributed by atoms with van der Waals surface area (Å²) in [5.74, 6) is 0.613. The number of benzene rings is 1. The van der Waals surface area contributed by atoms with Gasteiger partial charge in [-0.3, -0.25) is 9.59 Å². The lowest BCUT2D eigenvalue weighted by molar-refractivity contribution is -0.117. The Morgan fingerprint density at radius 3 is 2.62 bits per heavy atom. The highest BCUT2D eigenvalue weighted by molar-refractivity contribution is 5.99. The van der Waals surface area contributed by atoms with E-state index in [0.717, 1.165) is 30.5 Å². The topological polar surface area (TPSA) is 70.2 Å². The zero-order valence-corrected chi connectivity index (χ0v) is 16.0. The van der Waals surface area contributed by atoms with Crippen molar-refractivity contribution in [3.05, 3.63) is 29.3 Å². The fraction of sp³-hybridized carbons (Fsp3) is 0.600. The summed E-state index contributed by atoms with van der Waals surface area (Å²) < 4.78 is 0. The molecule has 0 bridgehead atoms. The number of rotatable bonds is 4. The highest BCUT2D eigenvalue weighted by Gasteiger charge is 2.38. The van der Waals surface area contributed by atoms with E-state index in [9.17, 15) is 9.59 Å². The van der Waals surface area contributed by atoms with Gasteiger partial charge in [0.2, 0.25) is 5.91 Å². The van der Waals surface area contributed by atoms with Crippen molar-refractivity contribution in [3.8, 4) is 0 Å². The third kappa shape index (κ3) is 4.21. The van der Waals surface area contributed by atoms with Crippen molar-refractivity contribution in [3.63, 3.8) is 0 Å². The molecule has 3 N–H and O–H groups in total. The number of carbonyl (C=O) groups is 2. The van der Waals surface area contributed by atoms with Crippen LogP contribution in [0.5, 0.6) is 0 Å². The predicted octanol–water partition coefficient (Wildman–Crippen LogP) is 3.17. The Labute approximate surface area is 161 Å². The van der Waals surface area contributed by atoms with Crippen molar-refractivity contribution < 1.29 is 9.59 Å². The standard InChI is InChI=1S/C20H27N3O2.ClH/c1-12-6-7-14(19(24)21-15-8-9-15)11-17(12)23-20(25)18-10-13-4-2-3-5-16(13)22-18;/h6-7,11,13,15-16,18,22H,2-5,8-10H2,1H3,(H,21,24)(H,23,25);1H. The summed E-state index contributed by atoms with van der Waals surface area (Å²) >= 11 is 0. The molecule has 3 atom stereocenters. The molecular weight excluding hydrogens is 350 g/mol. The Morgan fingerprint density at radius 1 is 1.12 bits per heavy atom. The largest absolute Gasteiger partial charge is 0.349 e. The van der Waals surface area contributed by atoms with Crippen LogP contribution < -0.4 is 16.0 Å². The average Bonchev–Trinajstić information content (AvgIpc) is 3.31. The second-order valence-corrected chi connectivity index (χ2v) is 7.87. The second-order valence-electron chi connectivity index (χ2n) is 7.87. The van der Waals surface area contributed by atoms with Gasteiger partial charge in [0.05, 0.1) is 6.04 Å². The minimum absolute atomic E-state index is 0. The molecule has 4 rings (SSSR count). The van der Waals surface area contributed by atoms with E-state index in [1.165, 1.54) is 25.7 Å². The molecule has 3 unspecified atom stereocenters. The number of amides is 2. The van der Waals surface area contributed by atoms with Gasteiger partial charge in [-0.15, -0.1) is 12.4 Å². The molecule has 3 fully saturated rings. The molecule has 5 nitrogen and oxygen atoms in total. The summed E-state index contributed by atoms with van der Waals surface area (Å²) in [4.78, 5) is 24.9. The van der Waals surface area contributed by atoms with Gasteiger partial charge in [0.25, 0.3) is 5.91 Å². The first-order valence-electron chi connectivity index (χ1n) is 9.58. The van der Waals surface area contributed by atoms with Crippen molar-refractivity contribution in [2.75, 3.05) is 5.32 Å². The SMILES string of the molecule is Cc1ccc(C(=O)NC2CC2)cc1NC(=O)C1CC2CCCCC2N1.Cl. The van der Waals surface area contributed by atoms with Gasteiger partial charge in [0, 0.05) is 23.3 Å². The van der Waals surface area contributed by atoms with Crippen LogP contribution in [0.4, 0.5) is 5.69 Å². The van der Waals surface area contributed by atoms with E-state index in [-0.39, 0.29) is 30.3 Å². The van der Waals surface area contributed by atoms with Crippen molar-refractivity contribution >= 4 is 29.9 Å². The average molecular weight is 378 g/mol. The number of aryl methyl sites for hydroxylation is 1. The van der Waals surface area contributed by atoms with Crippen molar-refractivity contribution in [2.45, 2.75) is 70.0 Å². The molecule has 0 spiro atoms. The van der Waals surface area contributed by atoms with Crippen LogP contribution in [0.3, 0.4) is 0 Å². The molecule has 1 aliphatic heterocycles. The van der Waals surface area contributed by atoms with Crippen molar-refractivity contribution in [2.24, 2.45) is 5.92 Å². The highest BCUT2D eigenvalue weighted by atomic mass is 35.5. The number of anilines is 1. The summed E-state index contributed by atoms with van der Waals surface area (Å²) in [5, 5.41) is 9.55. The van der Waals surface area contributed by atoms with Gasteiger partial charge in [0.15, 0.2) is 0 Å². The number of carbonyl (C=O) groups excluding carboxylic acids is 2. The summed E-state index contributed by atoms with van der Waals surface area (Å²) in [7, 11) is 0. The maximum absolute atomic E-state index is 12.7. The van der Waals surface area contributed by atoms with Crippen LogP contribution >= 0.6 is 12.4 Å². The zero-order chi connectivity index (χ0) is 17.4. The highest BCUT2D eigenvalue weighted by Crippen LogP contribution is 2.33. The minimum atomic E-state index is -0.114. The summed E-state index contributed by atoms with van der Waals surface area (Å²) in [5.41, 5.74) is 2.33. The Kier molecular flexibility index (Phi) is 5.88. The zero-order valence-electron chi connectivity index (χ0n) is 15.2. The van der Waals surface area contributed by atoms with Gasteiger partial charge >= 0.3 is 0 Å². The number of hydrogen-bond donors (Lipinski definition) is 3. The van der Waals surface area contributed by atoms with Crippen LogP contribution in [-0.4, -0.2) is 29.9 Å². The predicted molar refractivity (Wildman–Crippen MR) is 105 cm³/mol. The Bertz CT molecular complexity index is 676. The van der Waals surface area contributed by atoms with E-state index >= 15 is 0 Å². The monoisotopic (exact) mass is 377 g/mol. The van der Waals surface area contributed by atoms with Crippen LogP contribution in [0.2, 0.25) is 0 Å². The lowest BCUT2D eigenvalue weighted by Crippen LogP contribution is -2.40. The first-order valence-corrected chi connectivity index (χ1v) is 9.58. The van der Waals surface area contributed by atoms with Crippen LogP contribution in [0, 0.1) is 12.8 Å². The van der Waals surface area contributed by atoms with Gasteiger partial charge in [0.1, 0.15) is 0 Å². The molecule has 1 heterocycles. The first kappa shape index (κ1) is 19.2. The van der Waals surface area contributed by atoms with Crippen LogP contribution in [0.15, 0.2) is 18.2 Å². The molecule has 1 aromatic rings. The third-order valence-corrected chi connectivity index (χ3v) is 5.85. The molecule has 2 aliphatic carbocycles. The van der Waals surface area contributed by atoms with Gasteiger partial charge < -0.3 is 16.0 Å². The molecule has 2 saturated carbocycles. The summed E-state index contributed by atoms with van der Waals surface area (Å²) in [6.45, 7) is 1.96. The number of halogens is 1. The molecule has 2 amide bonds. The molecule has 26 heavy (non-hydrogen) atoms. The summed E-state index contributed by atoms with van der Waals surface area (Å²) in [6, 6.07) is 6.24. The third-order valence-electron chi connectivity index (χ3n) is 5.85. The maximum atomic E-state index is 12.7. The van der Waals surface area contributed by atoms with E-state index in [4.69, 9.17) is 0 Å². The van der Waals surface area contributed by atoms with Crippen LogP contribution in [-0.2, 0) is 4.79 Å². The summed E-state index contributed by atoms with van der Waals surface area (Å²) in [6.07, 6.45) is 8.03. The number of fused-ring (bicyclic) bond motifs is 1. The van der Waals surface area contributed by atoms with Crippen molar-refractivity contribution in [1.82, 2.24) is 10.6 Å². The first-order chi connectivity index (χ1) is 12.1. The molecule has 1 saturated heterocycles. The lowest BCUT2D eigenvalue weighted by atomic mass is 9.85. The molecule has 0 aromatic heterocycles. The van der Waals surface area contributed by atoms with E-state index in [0.29, 0.717) is 23.6 Å². The van der Waals surface area contributed by atoms with E-state index in [1.54, 1.807) is 6.07 Å². The maximum Gasteiger partial charge on any atom is 0.251 e. The quantitative estimate of drug-likeness (QED) is 0.754. The van der Waals surface area contributed by atoms with E-state index in [2.05, 4.69) is 16.0 Å². The van der Waals surface area contributed by atoms with E-state index < -0.39 is 0 Å². The molecule has 6 heteroatoms. The molecular formula is C20H28ClN3O2. The Balaban J connectivity index is 0.00000196. The Morgan fingerprint density at radius 2 is 1.88 bits per heavy atom. The molecule has 0 radical (unpaired) electrons. The minimum Gasteiger partial charge on any atom is -0.349 e. The molecule has 142 valence electrons.